The van der Waals surface area contributed by atoms with Crippen LogP contribution >= 0.6 is 0 Å². The summed E-state index contributed by atoms with van der Waals surface area (Å²) >= 11 is 0. The number of ether oxygens (including phenoxy) is 1. The van der Waals surface area contributed by atoms with Crippen molar-refractivity contribution in [3.8, 4) is 28.5 Å². The van der Waals surface area contributed by atoms with Crippen LogP contribution in [0.15, 0.2) is 60.7 Å². The number of aromatic nitrogens is 1. The normalized spacial score (nSPS) is 14.1. The summed E-state index contributed by atoms with van der Waals surface area (Å²) in [6.07, 6.45) is 0. The van der Waals surface area contributed by atoms with Gasteiger partial charge >= 0.3 is 0 Å². The molecule has 0 unspecified atom stereocenters. The van der Waals surface area contributed by atoms with E-state index in [-0.39, 0.29) is 5.91 Å². The molecule has 1 aliphatic heterocycles. The molecule has 30 heavy (non-hydrogen) atoms. The fourth-order valence-corrected chi connectivity index (χ4v) is 3.57. The molecule has 0 spiro atoms. The lowest BCUT2D eigenvalue weighted by atomic mass is 9.95. The first-order chi connectivity index (χ1) is 14.7. The number of pyridine rings is 1. The van der Waals surface area contributed by atoms with Crippen LogP contribution in [0, 0.1) is 18.3 Å². The highest BCUT2D eigenvalue weighted by Crippen LogP contribution is 2.31. The minimum Gasteiger partial charge on any atom is -0.379 e. The van der Waals surface area contributed by atoms with E-state index in [1.807, 2.05) is 60.5 Å². The minimum absolute atomic E-state index is 0.209. The molecule has 0 saturated carbocycles. The van der Waals surface area contributed by atoms with E-state index in [2.05, 4.69) is 11.5 Å². The number of benzene rings is 2. The van der Waals surface area contributed by atoms with E-state index in [4.69, 9.17) is 9.72 Å². The number of rotatable bonds is 4. The summed E-state index contributed by atoms with van der Waals surface area (Å²) in [5.74, 6) is -0.209. The Labute approximate surface area is 175 Å². The van der Waals surface area contributed by atoms with E-state index in [1.54, 1.807) is 12.1 Å². The summed E-state index contributed by atoms with van der Waals surface area (Å²) < 4.78 is 5.36. The summed E-state index contributed by atoms with van der Waals surface area (Å²) in [7, 11) is 0. The molecular weight excluding hydrogens is 376 g/mol. The van der Waals surface area contributed by atoms with E-state index in [0.717, 1.165) is 22.4 Å². The highest BCUT2D eigenvalue weighted by atomic mass is 16.5. The number of nitrogens with one attached hydrogen (secondary N) is 1. The van der Waals surface area contributed by atoms with Crippen LogP contribution in [0.5, 0.6) is 0 Å². The fourth-order valence-electron chi connectivity index (χ4n) is 3.57. The SMILES string of the molecule is Cc1nc(-c2ccccc2)cc(-c2cccc(C#N)c2)c1C(=O)NN1CCOCC1. The molecule has 1 fully saturated rings. The topological polar surface area (TPSA) is 78.2 Å². The molecule has 0 bridgehead atoms. The van der Waals surface area contributed by atoms with Crippen LogP contribution < -0.4 is 5.43 Å². The number of nitriles is 1. The molecular formula is C24H22N4O2. The highest BCUT2D eigenvalue weighted by Gasteiger charge is 2.22. The van der Waals surface area contributed by atoms with Crippen molar-refractivity contribution >= 4 is 5.91 Å². The van der Waals surface area contributed by atoms with Crippen molar-refractivity contribution in [2.75, 3.05) is 26.3 Å². The molecule has 4 rings (SSSR count). The summed E-state index contributed by atoms with van der Waals surface area (Å²) in [5.41, 5.74) is 8.00. The lowest BCUT2D eigenvalue weighted by molar-refractivity contribution is 0.0126. The quantitative estimate of drug-likeness (QED) is 0.727. The summed E-state index contributed by atoms with van der Waals surface area (Å²) in [6, 6.07) is 21.3. The Hall–Kier alpha value is -3.53. The summed E-state index contributed by atoms with van der Waals surface area (Å²) in [4.78, 5) is 17.9. The fraction of sp³-hybridized carbons (Fsp3) is 0.208. The zero-order valence-corrected chi connectivity index (χ0v) is 16.8. The van der Waals surface area contributed by atoms with Crippen molar-refractivity contribution < 1.29 is 9.53 Å². The minimum atomic E-state index is -0.209. The molecule has 1 amide bonds. The Morgan fingerprint density at radius 1 is 1.07 bits per heavy atom. The van der Waals surface area contributed by atoms with Gasteiger partial charge in [0.15, 0.2) is 0 Å². The maximum Gasteiger partial charge on any atom is 0.268 e. The van der Waals surface area contributed by atoms with Crippen molar-refractivity contribution in [3.63, 3.8) is 0 Å². The van der Waals surface area contributed by atoms with Gasteiger partial charge in [-0.1, -0.05) is 42.5 Å². The van der Waals surface area contributed by atoms with Gasteiger partial charge in [0.2, 0.25) is 0 Å². The van der Waals surface area contributed by atoms with Gasteiger partial charge in [0.25, 0.3) is 5.91 Å². The molecule has 0 radical (unpaired) electrons. The third-order valence-electron chi connectivity index (χ3n) is 5.07. The molecule has 1 N–H and O–H groups in total. The predicted octanol–water partition coefficient (Wildman–Crippen LogP) is 3.57. The van der Waals surface area contributed by atoms with Crippen LogP contribution in [0.2, 0.25) is 0 Å². The smallest absolute Gasteiger partial charge is 0.268 e. The van der Waals surface area contributed by atoms with Gasteiger partial charge in [-0.15, -0.1) is 0 Å². The first-order valence-corrected chi connectivity index (χ1v) is 9.87. The van der Waals surface area contributed by atoms with Crippen molar-refractivity contribution in [3.05, 3.63) is 77.5 Å². The molecule has 2 aromatic carbocycles. The Kier molecular flexibility index (Phi) is 5.84. The zero-order valence-electron chi connectivity index (χ0n) is 16.8. The van der Waals surface area contributed by atoms with E-state index in [0.29, 0.717) is 43.1 Å². The molecule has 3 aromatic rings. The molecule has 0 atom stereocenters. The predicted molar refractivity (Wildman–Crippen MR) is 114 cm³/mol. The van der Waals surface area contributed by atoms with Crippen LogP contribution in [0.1, 0.15) is 21.6 Å². The van der Waals surface area contributed by atoms with E-state index >= 15 is 0 Å². The molecule has 2 heterocycles. The Bertz CT molecular complexity index is 1100. The Balaban J connectivity index is 1.81. The molecule has 150 valence electrons. The van der Waals surface area contributed by atoms with Crippen molar-refractivity contribution in [1.29, 1.82) is 5.26 Å². The molecule has 1 aliphatic rings. The van der Waals surface area contributed by atoms with E-state index in [1.165, 1.54) is 0 Å². The first kappa shape index (κ1) is 19.8. The van der Waals surface area contributed by atoms with Crippen LogP contribution in [-0.4, -0.2) is 42.2 Å². The lowest BCUT2D eigenvalue weighted by Gasteiger charge is -2.27. The van der Waals surface area contributed by atoms with Crippen molar-refractivity contribution in [1.82, 2.24) is 15.4 Å². The van der Waals surface area contributed by atoms with Crippen LogP contribution in [-0.2, 0) is 4.74 Å². The van der Waals surface area contributed by atoms with Gasteiger partial charge in [0, 0.05) is 18.7 Å². The zero-order chi connectivity index (χ0) is 20.9. The Morgan fingerprint density at radius 2 is 1.80 bits per heavy atom. The average Bonchev–Trinajstić information content (AvgIpc) is 2.79. The maximum atomic E-state index is 13.2. The van der Waals surface area contributed by atoms with E-state index in [9.17, 15) is 10.1 Å². The van der Waals surface area contributed by atoms with Crippen LogP contribution in [0.4, 0.5) is 0 Å². The Morgan fingerprint density at radius 3 is 2.53 bits per heavy atom. The van der Waals surface area contributed by atoms with Gasteiger partial charge < -0.3 is 4.74 Å². The first-order valence-electron chi connectivity index (χ1n) is 9.87. The monoisotopic (exact) mass is 398 g/mol. The molecule has 6 heteroatoms. The number of amides is 1. The molecule has 1 saturated heterocycles. The number of nitrogens with zero attached hydrogens (tertiary/aromatic N) is 3. The van der Waals surface area contributed by atoms with Gasteiger partial charge in [-0.05, 0) is 36.2 Å². The number of morpholine rings is 1. The van der Waals surface area contributed by atoms with Gasteiger partial charge in [0.1, 0.15) is 0 Å². The second kappa shape index (κ2) is 8.87. The third kappa shape index (κ3) is 4.23. The second-order valence-corrected chi connectivity index (χ2v) is 7.11. The maximum absolute atomic E-state index is 13.2. The van der Waals surface area contributed by atoms with Gasteiger partial charge in [-0.2, -0.15) is 5.26 Å². The third-order valence-corrected chi connectivity index (χ3v) is 5.07. The van der Waals surface area contributed by atoms with Crippen molar-refractivity contribution in [2.45, 2.75) is 6.92 Å². The molecule has 1 aromatic heterocycles. The van der Waals surface area contributed by atoms with Crippen LogP contribution in [0.3, 0.4) is 0 Å². The number of hydrogen-bond donors (Lipinski definition) is 1. The van der Waals surface area contributed by atoms with Crippen molar-refractivity contribution in [2.24, 2.45) is 0 Å². The standard InChI is InChI=1S/C24H22N4O2/c1-17-23(24(29)27-28-10-12-30-13-11-28)21(20-9-5-6-18(14-20)16-25)15-22(26-17)19-7-3-2-4-8-19/h2-9,14-15H,10-13H2,1H3,(H,27,29). The van der Waals surface area contributed by atoms with Gasteiger partial charge in [-0.25, -0.2) is 5.01 Å². The molecule has 0 aliphatic carbocycles. The lowest BCUT2D eigenvalue weighted by Crippen LogP contribution is -2.48. The van der Waals surface area contributed by atoms with Gasteiger partial charge in [-0.3, -0.25) is 15.2 Å². The number of hydrogen-bond acceptors (Lipinski definition) is 5. The number of carbonyl (C=O) groups excluding carboxylic acids is 1. The summed E-state index contributed by atoms with van der Waals surface area (Å²) in [6.45, 7) is 4.29. The van der Waals surface area contributed by atoms with E-state index < -0.39 is 0 Å². The molecule has 6 nitrogen and oxygen atoms in total. The largest absolute Gasteiger partial charge is 0.379 e. The average molecular weight is 398 g/mol. The number of hydrazine groups is 1. The number of aryl methyl sites for hydroxylation is 1. The van der Waals surface area contributed by atoms with Crippen LogP contribution in [0.25, 0.3) is 22.4 Å². The second-order valence-electron chi connectivity index (χ2n) is 7.11. The summed E-state index contributed by atoms with van der Waals surface area (Å²) in [5, 5.41) is 11.2. The van der Waals surface area contributed by atoms with Gasteiger partial charge in [0.05, 0.1) is 41.8 Å². The highest BCUT2D eigenvalue weighted by molar-refractivity contribution is 6.02. The number of carbonyl (C=O) groups is 1.